The molecule has 0 spiro atoms. The van der Waals surface area contributed by atoms with Crippen molar-refractivity contribution in [2.75, 3.05) is 5.73 Å². The van der Waals surface area contributed by atoms with Crippen LogP contribution in [0.25, 0.3) is 28.2 Å². The lowest BCUT2D eigenvalue weighted by atomic mass is 10.1. The molecule has 0 amide bonds. The van der Waals surface area contributed by atoms with Gasteiger partial charge in [-0.3, -0.25) is 0 Å². The molecule has 0 unspecified atom stereocenters. The first-order chi connectivity index (χ1) is 13.8. The van der Waals surface area contributed by atoms with Crippen molar-refractivity contribution in [1.29, 1.82) is 0 Å². The molecule has 0 saturated carbocycles. The van der Waals surface area contributed by atoms with E-state index in [0.717, 1.165) is 11.1 Å². The number of nitrogens with zero attached hydrogens (tertiary/aromatic N) is 2. The molecule has 146 valence electrons. The maximum Gasteiger partial charge on any atom is 0.240 e. The summed E-state index contributed by atoms with van der Waals surface area (Å²) < 4.78 is 25.9. The quantitative estimate of drug-likeness (QED) is 0.481. The third-order valence-electron chi connectivity index (χ3n) is 4.46. The third-order valence-corrected chi connectivity index (χ3v) is 5.67. The van der Waals surface area contributed by atoms with Crippen LogP contribution in [-0.4, -0.2) is 18.2 Å². The van der Waals surface area contributed by atoms with Crippen LogP contribution in [0.15, 0.2) is 83.8 Å². The van der Waals surface area contributed by atoms with Crippen molar-refractivity contribution in [3.05, 3.63) is 83.9 Å². The molecule has 4 N–H and O–H groups in total. The summed E-state index contributed by atoms with van der Waals surface area (Å²) >= 11 is 6.00. The Morgan fingerprint density at radius 2 is 1.48 bits per heavy atom. The number of nitrogen functional groups attached to an aromatic ring is 1. The van der Waals surface area contributed by atoms with Crippen LogP contribution in [0.5, 0.6) is 0 Å². The fourth-order valence-corrected chi connectivity index (χ4v) is 3.90. The molecule has 0 aliphatic heterocycles. The zero-order valence-corrected chi connectivity index (χ0v) is 16.7. The highest BCUT2D eigenvalue weighted by Crippen LogP contribution is 2.31. The lowest BCUT2D eigenvalue weighted by Gasteiger charge is -2.11. The van der Waals surface area contributed by atoms with E-state index in [-0.39, 0.29) is 4.90 Å². The molecule has 0 radical (unpaired) electrons. The van der Waals surface area contributed by atoms with Gasteiger partial charge in [-0.25, -0.2) is 18.2 Å². The number of hydrogen-bond donors (Lipinski definition) is 2. The molecule has 0 aliphatic carbocycles. The largest absolute Gasteiger partial charge is 0.399 e. The molecule has 8 heteroatoms. The van der Waals surface area contributed by atoms with Crippen molar-refractivity contribution in [3.8, 4) is 28.2 Å². The second kappa shape index (κ2) is 7.36. The second-order valence-corrected chi connectivity index (χ2v) is 8.43. The number of sulfonamides is 1. The van der Waals surface area contributed by atoms with Crippen molar-refractivity contribution in [1.82, 2.24) is 9.78 Å². The van der Waals surface area contributed by atoms with Crippen LogP contribution in [0.3, 0.4) is 0 Å². The van der Waals surface area contributed by atoms with E-state index in [1.54, 1.807) is 47.1 Å². The van der Waals surface area contributed by atoms with E-state index in [1.165, 1.54) is 6.07 Å². The topological polar surface area (TPSA) is 104 Å². The highest BCUT2D eigenvalue weighted by Gasteiger charge is 2.20. The molecule has 0 fully saturated rings. The summed E-state index contributed by atoms with van der Waals surface area (Å²) in [4.78, 5) is -0.0116. The van der Waals surface area contributed by atoms with Crippen LogP contribution in [-0.2, 0) is 10.0 Å². The SMILES string of the molecule is Nc1ccc(-c2cc(-c3ccc(Cl)cc3)nn2-c2ccccc2S(N)(=O)=O)cc1. The maximum atomic E-state index is 12.1. The molecule has 4 rings (SSSR count). The highest BCUT2D eigenvalue weighted by atomic mass is 35.5. The summed E-state index contributed by atoms with van der Waals surface area (Å²) in [5.41, 5.74) is 9.84. The van der Waals surface area contributed by atoms with Gasteiger partial charge >= 0.3 is 0 Å². The van der Waals surface area contributed by atoms with Gasteiger partial charge in [0.2, 0.25) is 10.0 Å². The van der Waals surface area contributed by atoms with E-state index >= 15 is 0 Å². The van der Waals surface area contributed by atoms with Crippen LogP contribution in [0.1, 0.15) is 0 Å². The number of hydrogen-bond acceptors (Lipinski definition) is 4. The van der Waals surface area contributed by atoms with Gasteiger partial charge in [-0.05, 0) is 42.5 Å². The summed E-state index contributed by atoms with van der Waals surface area (Å²) in [5, 5.41) is 10.7. The standard InChI is InChI=1S/C21H17ClN4O2S/c22-16-9-5-14(6-10-16)18-13-20(15-7-11-17(23)12-8-15)26(25-18)19-3-1-2-4-21(19)29(24,27)28/h1-13H,23H2,(H2,24,27,28). The Morgan fingerprint density at radius 1 is 0.862 bits per heavy atom. The van der Waals surface area contributed by atoms with Crippen molar-refractivity contribution < 1.29 is 8.42 Å². The molecule has 4 aromatic rings. The second-order valence-electron chi connectivity index (χ2n) is 6.47. The van der Waals surface area contributed by atoms with Crippen molar-refractivity contribution in [2.45, 2.75) is 4.90 Å². The van der Waals surface area contributed by atoms with Gasteiger partial charge in [-0.1, -0.05) is 48.0 Å². The number of rotatable bonds is 4. The van der Waals surface area contributed by atoms with Crippen LogP contribution < -0.4 is 10.9 Å². The van der Waals surface area contributed by atoms with Gasteiger partial charge < -0.3 is 5.73 Å². The zero-order chi connectivity index (χ0) is 20.6. The first-order valence-corrected chi connectivity index (χ1v) is 10.6. The van der Waals surface area contributed by atoms with E-state index in [4.69, 9.17) is 22.5 Å². The number of para-hydroxylation sites is 1. The van der Waals surface area contributed by atoms with Gasteiger partial charge in [0.15, 0.2) is 0 Å². The Hall–Kier alpha value is -3.13. The normalized spacial score (nSPS) is 11.5. The molecule has 0 saturated heterocycles. The summed E-state index contributed by atoms with van der Waals surface area (Å²) in [6.45, 7) is 0. The van der Waals surface area contributed by atoms with Crippen LogP contribution in [0.2, 0.25) is 5.02 Å². The minimum Gasteiger partial charge on any atom is -0.399 e. The fourth-order valence-electron chi connectivity index (χ4n) is 3.06. The van der Waals surface area contributed by atoms with Gasteiger partial charge in [0.1, 0.15) is 4.90 Å². The Morgan fingerprint density at radius 3 is 2.14 bits per heavy atom. The minimum atomic E-state index is -3.95. The van der Waals surface area contributed by atoms with E-state index in [9.17, 15) is 8.42 Å². The molecule has 29 heavy (non-hydrogen) atoms. The summed E-state index contributed by atoms with van der Waals surface area (Å²) in [5.74, 6) is 0. The van der Waals surface area contributed by atoms with Gasteiger partial charge in [0.05, 0.1) is 17.1 Å². The number of primary sulfonamides is 1. The van der Waals surface area contributed by atoms with Crippen molar-refractivity contribution in [2.24, 2.45) is 5.14 Å². The number of halogens is 1. The predicted molar refractivity (Wildman–Crippen MR) is 115 cm³/mol. The lowest BCUT2D eigenvalue weighted by molar-refractivity contribution is 0.596. The average molecular weight is 425 g/mol. The van der Waals surface area contributed by atoms with Gasteiger partial charge in [-0.15, -0.1) is 0 Å². The smallest absolute Gasteiger partial charge is 0.240 e. The maximum absolute atomic E-state index is 12.1. The Balaban J connectivity index is 1.98. The molecule has 0 bridgehead atoms. The third kappa shape index (κ3) is 3.88. The number of benzene rings is 3. The van der Waals surface area contributed by atoms with Crippen molar-refractivity contribution in [3.63, 3.8) is 0 Å². The summed E-state index contributed by atoms with van der Waals surface area (Å²) in [6, 6.07) is 22.9. The molecular weight excluding hydrogens is 408 g/mol. The molecule has 1 heterocycles. The first kappa shape index (κ1) is 19.2. The monoisotopic (exact) mass is 424 g/mol. The number of nitrogens with two attached hydrogens (primary N) is 2. The number of aromatic nitrogens is 2. The lowest BCUT2D eigenvalue weighted by Crippen LogP contribution is -2.16. The van der Waals surface area contributed by atoms with Crippen molar-refractivity contribution >= 4 is 27.3 Å². The average Bonchev–Trinajstić information content (AvgIpc) is 3.14. The minimum absolute atomic E-state index is 0.0116. The molecule has 0 atom stereocenters. The van der Waals surface area contributed by atoms with Crippen LogP contribution in [0.4, 0.5) is 5.69 Å². The van der Waals surface area contributed by atoms with Gasteiger partial charge in [-0.2, -0.15) is 5.10 Å². The molecular formula is C21H17ClN4O2S. The van der Waals surface area contributed by atoms with E-state index in [2.05, 4.69) is 5.10 Å². The zero-order valence-electron chi connectivity index (χ0n) is 15.2. The Kier molecular flexibility index (Phi) is 4.87. The van der Waals surface area contributed by atoms with Crippen LogP contribution >= 0.6 is 11.6 Å². The highest BCUT2D eigenvalue weighted by molar-refractivity contribution is 7.89. The first-order valence-electron chi connectivity index (χ1n) is 8.67. The van der Waals surface area contributed by atoms with E-state index in [1.807, 2.05) is 30.3 Å². The fraction of sp³-hybridized carbons (Fsp3) is 0. The Bertz CT molecular complexity index is 1280. The molecule has 1 aromatic heterocycles. The predicted octanol–water partition coefficient (Wildman–Crippen LogP) is 4.09. The van der Waals surface area contributed by atoms with Gasteiger partial charge in [0, 0.05) is 21.8 Å². The van der Waals surface area contributed by atoms with E-state index < -0.39 is 10.0 Å². The Labute approximate surface area is 173 Å². The van der Waals surface area contributed by atoms with Gasteiger partial charge in [0.25, 0.3) is 0 Å². The van der Waals surface area contributed by atoms with E-state index in [0.29, 0.717) is 27.8 Å². The number of anilines is 1. The molecule has 0 aliphatic rings. The molecule has 6 nitrogen and oxygen atoms in total. The summed E-state index contributed by atoms with van der Waals surface area (Å²) in [6.07, 6.45) is 0. The molecule has 3 aromatic carbocycles. The van der Waals surface area contributed by atoms with Crippen LogP contribution in [0, 0.1) is 0 Å². The summed E-state index contributed by atoms with van der Waals surface area (Å²) in [7, 11) is -3.95.